The third kappa shape index (κ3) is 4.42. The zero-order valence-corrected chi connectivity index (χ0v) is 9.67. The highest BCUT2D eigenvalue weighted by Crippen LogP contribution is 2.08. The lowest BCUT2D eigenvalue weighted by Crippen LogP contribution is -2.35. The summed E-state index contributed by atoms with van der Waals surface area (Å²) < 4.78 is 4.81. The predicted octanol–water partition coefficient (Wildman–Crippen LogP) is 1.69. The van der Waals surface area contributed by atoms with Crippen molar-refractivity contribution in [2.75, 3.05) is 26.8 Å². The highest BCUT2D eigenvalue weighted by molar-refractivity contribution is 5.77. The number of amides is 1. The summed E-state index contributed by atoms with van der Waals surface area (Å²) in [6, 6.07) is 0. The molecule has 0 fully saturated rings. The van der Waals surface area contributed by atoms with Gasteiger partial charge in [0.2, 0.25) is 5.91 Å². The van der Waals surface area contributed by atoms with Gasteiger partial charge >= 0.3 is 0 Å². The van der Waals surface area contributed by atoms with Gasteiger partial charge in [-0.1, -0.05) is 26.0 Å². The van der Waals surface area contributed by atoms with E-state index in [2.05, 4.69) is 20.4 Å². The molecule has 0 saturated carbocycles. The Morgan fingerprint density at radius 1 is 1.50 bits per heavy atom. The van der Waals surface area contributed by atoms with Gasteiger partial charge in [0, 0.05) is 20.2 Å². The smallest absolute Gasteiger partial charge is 0.248 e. The van der Waals surface area contributed by atoms with E-state index in [1.807, 2.05) is 6.92 Å². The normalized spacial score (nSPS) is 10.4. The second-order valence-electron chi connectivity index (χ2n) is 3.65. The van der Waals surface area contributed by atoms with Crippen molar-refractivity contribution in [3.8, 4) is 0 Å². The van der Waals surface area contributed by atoms with E-state index in [1.54, 1.807) is 4.90 Å². The topological polar surface area (TPSA) is 29.5 Å². The fourth-order valence-corrected chi connectivity index (χ4v) is 1.02. The number of carbonyl (C=O) groups excluding carboxylic acids is 1. The molecule has 14 heavy (non-hydrogen) atoms. The number of hydrogen-bond acceptors (Lipinski definition) is 2. The van der Waals surface area contributed by atoms with Gasteiger partial charge in [-0.25, -0.2) is 0 Å². The van der Waals surface area contributed by atoms with Gasteiger partial charge in [-0.05, 0) is 12.8 Å². The average Bonchev–Trinajstić information content (AvgIpc) is 2.13. The quantitative estimate of drug-likeness (QED) is 0.609. The van der Waals surface area contributed by atoms with Crippen molar-refractivity contribution >= 4 is 5.91 Å². The molecule has 0 atom stereocenters. The predicted molar refractivity (Wildman–Crippen MR) is 58.1 cm³/mol. The van der Waals surface area contributed by atoms with Crippen LogP contribution in [0.2, 0.25) is 0 Å². The molecule has 3 heteroatoms. The summed E-state index contributed by atoms with van der Waals surface area (Å²) in [5.74, 6) is 0.441. The molecule has 0 aliphatic heterocycles. The van der Waals surface area contributed by atoms with Gasteiger partial charge in [0.1, 0.15) is 6.61 Å². The molecule has 0 aromatic carbocycles. The molecule has 0 aliphatic rings. The van der Waals surface area contributed by atoms with Crippen LogP contribution in [0.4, 0.5) is 0 Å². The van der Waals surface area contributed by atoms with Crippen molar-refractivity contribution in [2.45, 2.75) is 20.8 Å². The van der Waals surface area contributed by atoms with Crippen LogP contribution in [0.15, 0.2) is 12.2 Å². The Morgan fingerprint density at radius 3 is 2.43 bits per heavy atom. The molecule has 0 rings (SSSR count). The standard InChI is InChI=1S/C11H21NO2/c1-6-12(11(13)8-14-5)7-10(4)9(2)3/h9H,4,6-8H2,1-3,5H3. The van der Waals surface area contributed by atoms with Gasteiger partial charge in [-0.15, -0.1) is 0 Å². The summed E-state index contributed by atoms with van der Waals surface area (Å²) in [4.78, 5) is 13.2. The molecule has 0 radical (unpaired) electrons. The molecule has 1 amide bonds. The Bertz CT molecular complexity index is 199. The zero-order valence-electron chi connectivity index (χ0n) is 9.67. The maximum absolute atomic E-state index is 11.5. The molecular formula is C11H21NO2. The van der Waals surface area contributed by atoms with E-state index < -0.39 is 0 Å². The Labute approximate surface area is 86.7 Å². The summed E-state index contributed by atoms with van der Waals surface area (Å²) in [5, 5.41) is 0. The van der Waals surface area contributed by atoms with Crippen LogP contribution in [0.5, 0.6) is 0 Å². The lowest BCUT2D eigenvalue weighted by atomic mass is 10.1. The SMILES string of the molecule is C=C(CN(CC)C(=O)COC)C(C)C. The first-order valence-electron chi connectivity index (χ1n) is 4.97. The summed E-state index contributed by atoms with van der Waals surface area (Å²) in [5.41, 5.74) is 1.08. The number of nitrogens with zero attached hydrogens (tertiary/aromatic N) is 1. The second kappa shape index (κ2) is 6.60. The number of rotatable bonds is 6. The van der Waals surface area contributed by atoms with Gasteiger partial charge in [-0.3, -0.25) is 4.79 Å². The Kier molecular flexibility index (Phi) is 6.21. The lowest BCUT2D eigenvalue weighted by molar-refractivity contribution is -0.134. The summed E-state index contributed by atoms with van der Waals surface area (Å²) in [6.07, 6.45) is 0. The first kappa shape index (κ1) is 13.2. The number of likely N-dealkylation sites (N-methyl/N-ethyl adjacent to an activating group) is 1. The van der Waals surface area contributed by atoms with E-state index in [1.165, 1.54) is 7.11 Å². The van der Waals surface area contributed by atoms with Crippen LogP contribution in [0.1, 0.15) is 20.8 Å². The van der Waals surface area contributed by atoms with Crippen molar-refractivity contribution < 1.29 is 9.53 Å². The van der Waals surface area contributed by atoms with Gasteiger partial charge in [0.15, 0.2) is 0 Å². The van der Waals surface area contributed by atoms with Crippen LogP contribution in [-0.4, -0.2) is 37.6 Å². The largest absolute Gasteiger partial charge is 0.375 e. The number of ether oxygens (including phenoxy) is 1. The monoisotopic (exact) mass is 199 g/mol. The average molecular weight is 199 g/mol. The van der Waals surface area contributed by atoms with Gasteiger partial charge in [0.25, 0.3) is 0 Å². The Hall–Kier alpha value is -0.830. The Balaban J connectivity index is 4.15. The van der Waals surface area contributed by atoms with Crippen LogP contribution < -0.4 is 0 Å². The molecule has 0 heterocycles. The van der Waals surface area contributed by atoms with Gasteiger partial charge in [0.05, 0.1) is 0 Å². The van der Waals surface area contributed by atoms with E-state index in [0.717, 1.165) is 5.57 Å². The molecule has 0 N–H and O–H groups in total. The molecule has 0 spiro atoms. The van der Waals surface area contributed by atoms with Crippen molar-refractivity contribution in [1.29, 1.82) is 0 Å². The van der Waals surface area contributed by atoms with Crippen molar-refractivity contribution in [3.05, 3.63) is 12.2 Å². The highest BCUT2D eigenvalue weighted by atomic mass is 16.5. The molecule has 0 saturated heterocycles. The van der Waals surface area contributed by atoms with Crippen molar-refractivity contribution in [2.24, 2.45) is 5.92 Å². The summed E-state index contributed by atoms with van der Waals surface area (Å²) >= 11 is 0. The number of carbonyl (C=O) groups is 1. The fraction of sp³-hybridized carbons (Fsp3) is 0.727. The van der Waals surface area contributed by atoms with Crippen LogP contribution >= 0.6 is 0 Å². The molecule has 0 unspecified atom stereocenters. The number of methoxy groups -OCH3 is 1. The molecule has 0 aromatic heterocycles. The van der Waals surface area contributed by atoms with E-state index >= 15 is 0 Å². The van der Waals surface area contributed by atoms with E-state index in [-0.39, 0.29) is 12.5 Å². The molecule has 0 aromatic rings. The van der Waals surface area contributed by atoms with Gasteiger partial charge < -0.3 is 9.64 Å². The second-order valence-corrected chi connectivity index (χ2v) is 3.65. The molecule has 3 nitrogen and oxygen atoms in total. The maximum Gasteiger partial charge on any atom is 0.248 e. The van der Waals surface area contributed by atoms with Crippen LogP contribution in [-0.2, 0) is 9.53 Å². The minimum atomic E-state index is 0.0248. The third-order valence-corrected chi connectivity index (χ3v) is 2.21. The van der Waals surface area contributed by atoms with Crippen LogP contribution in [0.3, 0.4) is 0 Å². The van der Waals surface area contributed by atoms with Gasteiger partial charge in [-0.2, -0.15) is 0 Å². The summed E-state index contributed by atoms with van der Waals surface area (Å²) in [7, 11) is 1.53. The summed E-state index contributed by atoms with van der Waals surface area (Å²) in [6.45, 7) is 11.6. The molecule has 0 aliphatic carbocycles. The van der Waals surface area contributed by atoms with Crippen molar-refractivity contribution in [1.82, 2.24) is 4.90 Å². The van der Waals surface area contributed by atoms with Crippen LogP contribution in [0, 0.1) is 5.92 Å². The number of hydrogen-bond donors (Lipinski definition) is 0. The zero-order chi connectivity index (χ0) is 11.1. The molecular weight excluding hydrogens is 178 g/mol. The molecule has 82 valence electrons. The lowest BCUT2D eigenvalue weighted by Gasteiger charge is -2.23. The minimum Gasteiger partial charge on any atom is -0.375 e. The highest BCUT2D eigenvalue weighted by Gasteiger charge is 2.13. The minimum absolute atomic E-state index is 0.0248. The van der Waals surface area contributed by atoms with E-state index in [9.17, 15) is 4.79 Å². The first-order chi connectivity index (χ1) is 6.52. The fourth-order valence-electron chi connectivity index (χ4n) is 1.02. The van der Waals surface area contributed by atoms with Crippen molar-refractivity contribution in [3.63, 3.8) is 0 Å². The van der Waals surface area contributed by atoms with Crippen LogP contribution in [0.25, 0.3) is 0 Å². The first-order valence-corrected chi connectivity index (χ1v) is 4.97. The maximum atomic E-state index is 11.5. The molecule has 0 bridgehead atoms. The van der Waals surface area contributed by atoms with E-state index in [4.69, 9.17) is 4.74 Å². The Morgan fingerprint density at radius 2 is 2.07 bits per heavy atom. The van der Waals surface area contributed by atoms with E-state index in [0.29, 0.717) is 19.0 Å². The third-order valence-electron chi connectivity index (χ3n) is 2.21.